The fourth-order valence-electron chi connectivity index (χ4n) is 4.38. The summed E-state index contributed by atoms with van der Waals surface area (Å²) in [6, 6.07) is 0. The third-order valence-corrected chi connectivity index (χ3v) is 5.63. The largest absolute Gasteiger partial charge is 0.468 e. The highest BCUT2D eigenvalue weighted by atomic mass is 16.5. The third-order valence-electron chi connectivity index (χ3n) is 5.63. The highest BCUT2D eigenvalue weighted by molar-refractivity contribution is 5.80. The van der Waals surface area contributed by atoms with Crippen LogP contribution in [0.5, 0.6) is 0 Å². The first-order valence-electron chi connectivity index (χ1n) is 8.50. The van der Waals surface area contributed by atoms with E-state index in [1.165, 1.54) is 39.3 Å². The van der Waals surface area contributed by atoms with Crippen LogP contribution in [0, 0.1) is 17.8 Å². The van der Waals surface area contributed by atoms with Gasteiger partial charge >= 0.3 is 5.97 Å². The van der Waals surface area contributed by atoms with E-state index < -0.39 is 5.54 Å². The number of nitrogens with one attached hydrogen (secondary N) is 1. The summed E-state index contributed by atoms with van der Waals surface area (Å²) >= 11 is 0. The van der Waals surface area contributed by atoms with Gasteiger partial charge in [-0.15, -0.1) is 0 Å². The summed E-state index contributed by atoms with van der Waals surface area (Å²) in [7, 11) is 3.66. The van der Waals surface area contributed by atoms with Crippen molar-refractivity contribution in [1.82, 2.24) is 10.2 Å². The molecule has 0 aromatic heterocycles. The van der Waals surface area contributed by atoms with Crippen LogP contribution in [0.3, 0.4) is 0 Å². The van der Waals surface area contributed by atoms with E-state index >= 15 is 0 Å². The smallest absolute Gasteiger partial charge is 0.325 e. The molecule has 4 nitrogen and oxygen atoms in total. The maximum Gasteiger partial charge on any atom is 0.325 e. The van der Waals surface area contributed by atoms with Crippen molar-refractivity contribution < 1.29 is 9.53 Å². The van der Waals surface area contributed by atoms with Crippen LogP contribution in [0.2, 0.25) is 0 Å². The summed E-state index contributed by atoms with van der Waals surface area (Å²) < 4.78 is 4.95. The minimum atomic E-state index is -0.563. The molecule has 2 fully saturated rings. The molecule has 2 saturated carbocycles. The third kappa shape index (κ3) is 3.98. The maximum absolute atomic E-state index is 12.0. The molecule has 122 valence electrons. The van der Waals surface area contributed by atoms with Gasteiger partial charge in [0.2, 0.25) is 0 Å². The van der Waals surface area contributed by atoms with Crippen molar-refractivity contribution in [3.8, 4) is 0 Å². The summed E-state index contributed by atoms with van der Waals surface area (Å²) in [6.07, 6.45) is 6.60. The van der Waals surface area contributed by atoms with Crippen LogP contribution >= 0.6 is 0 Å². The number of esters is 1. The van der Waals surface area contributed by atoms with Gasteiger partial charge in [0.05, 0.1) is 7.11 Å². The molecule has 0 radical (unpaired) electrons. The lowest BCUT2D eigenvalue weighted by molar-refractivity contribution is -0.148. The van der Waals surface area contributed by atoms with Gasteiger partial charge in [-0.1, -0.05) is 13.3 Å². The van der Waals surface area contributed by atoms with E-state index in [-0.39, 0.29) is 5.97 Å². The minimum Gasteiger partial charge on any atom is -0.468 e. The molecule has 1 N–H and O–H groups in total. The Morgan fingerprint density at radius 1 is 1.38 bits per heavy atom. The number of likely N-dealkylation sites (N-methyl/N-ethyl adjacent to an activating group) is 1. The van der Waals surface area contributed by atoms with Crippen molar-refractivity contribution in [2.24, 2.45) is 17.8 Å². The minimum absolute atomic E-state index is 0.155. The predicted octanol–water partition coefficient (Wildman–Crippen LogP) is 2.29. The number of fused-ring (bicyclic) bond motifs is 2. The first kappa shape index (κ1) is 16.8. The number of methoxy groups -OCH3 is 1. The van der Waals surface area contributed by atoms with E-state index in [2.05, 4.69) is 17.3 Å². The zero-order valence-corrected chi connectivity index (χ0v) is 14.2. The van der Waals surface area contributed by atoms with E-state index in [0.29, 0.717) is 0 Å². The Kier molecular flexibility index (Phi) is 5.67. The molecule has 0 amide bonds. The van der Waals surface area contributed by atoms with Crippen molar-refractivity contribution >= 4 is 5.97 Å². The van der Waals surface area contributed by atoms with Crippen LogP contribution in [0.25, 0.3) is 0 Å². The van der Waals surface area contributed by atoms with E-state index in [9.17, 15) is 4.79 Å². The molecule has 2 bridgehead atoms. The molecule has 2 aliphatic rings. The molecule has 21 heavy (non-hydrogen) atoms. The monoisotopic (exact) mass is 296 g/mol. The Balaban J connectivity index is 1.79. The van der Waals surface area contributed by atoms with Crippen LogP contribution in [-0.4, -0.2) is 50.2 Å². The molecule has 4 unspecified atom stereocenters. The Bertz CT molecular complexity index is 361. The summed E-state index contributed by atoms with van der Waals surface area (Å²) in [5.74, 6) is 2.71. The van der Waals surface area contributed by atoms with Crippen molar-refractivity contribution in [2.75, 3.05) is 33.8 Å². The van der Waals surface area contributed by atoms with Crippen LogP contribution in [-0.2, 0) is 9.53 Å². The van der Waals surface area contributed by atoms with Gasteiger partial charge in [0.25, 0.3) is 0 Å². The molecule has 0 aliphatic heterocycles. The molecular formula is C17H32N2O2. The lowest BCUT2D eigenvalue weighted by Crippen LogP contribution is -2.52. The molecule has 0 aromatic carbocycles. The maximum atomic E-state index is 12.0. The zero-order valence-electron chi connectivity index (χ0n) is 14.2. The molecule has 2 rings (SSSR count). The fourth-order valence-corrected chi connectivity index (χ4v) is 4.38. The second kappa shape index (κ2) is 7.10. The Labute approximate surface area is 129 Å². The first-order valence-corrected chi connectivity index (χ1v) is 8.50. The predicted molar refractivity (Wildman–Crippen MR) is 85.1 cm³/mol. The van der Waals surface area contributed by atoms with Crippen LogP contribution < -0.4 is 5.32 Å². The molecule has 4 atom stereocenters. The Morgan fingerprint density at radius 2 is 2.14 bits per heavy atom. The van der Waals surface area contributed by atoms with Crippen molar-refractivity contribution in [3.63, 3.8) is 0 Å². The SMILES string of the molecule is CCNC(C)(CCN(C)CC1CC2CCC1C2)C(=O)OC. The highest BCUT2D eigenvalue weighted by Gasteiger charge is 2.40. The van der Waals surface area contributed by atoms with E-state index in [1.807, 2.05) is 13.8 Å². The lowest BCUT2D eigenvalue weighted by Gasteiger charge is -2.32. The van der Waals surface area contributed by atoms with E-state index in [4.69, 9.17) is 4.74 Å². The summed E-state index contributed by atoms with van der Waals surface area (Å²) in [6.45, 7) is 6.88. The van der Waals surface area contributed by atoms with Crippen molar-refractivity contribution in [2.45, 2.75) is 51.5 Å². The van der Waals surface area contributed by atoms with Gasteiger partial charge < -0.3 is 15.0 Å². The normalized spacial score (nSPS) is 30.6. The van der Waals surface area contributed by atoms with Crippen molar-refractivity contribution in [3.05, 3.63) is 0 Å². The number of carbonyl (C=O) groups is 1. The Hall–Kier alpha value is -0.610. The van der Waals surface area contributed by atoms with Gasteiger partial charge in [-0.3, -0.25) is 4.79 Å². The van der Waals surface area contributed by atoms with Gasteiger partial charge in [-0.2, -0.15) is 0 Å². The number of nitrogens with zero attached hydrogens (tertiary/aromatic N) is 1. The second-order valence-electron chi connectivity index (χ2n) is 7.30. The van der Waals surface area contributed by atoms with Crippen LogP contribution in [0.1, 0.15) is 46.0 Å². The molecule has 0 heterocycles. The average molecular weight is 296 g/mol. The quantitative estimate of drug-likeness (QED) is 0.698. The first-order chi connectivity index (χ1) is 9.98. The van der Waals surface area contributed by atoms with Gasteiger partial charge in [-0.25, -0.2) is 0 Å². The van der Waals surface area contributed by atoms with Gasteiger partial charge in [0, 0.05) is 13.1 Å². The fraction of sp³-hybridized carbons (Fsp3) is 0.941. The number of rotatable bonds is 8. The number of carbonyl (C=O) groups excluding carboxylic acids is 1. The Morgan fingerprint density at radius 3 is 2.67 bits per heavy atom. The number of ether oxygens (including phenoxy) is 1. The van der Waals surface area contributed by atoms with Gasteiger partial charge in [-0.05, 0) is 64.0 Å². The molecule has 2 aliphatic carbocycles. The summed E-state index contributed by atoms with van der Waals surface area (Å²) in [5, 5.41) is 3.28. The van der Waals surface area contributed by atoms with E-state index in [0.717, 1.165) is 37.3 Å². The van der Waals surface area contributed by atoms with Crippen LogP contribution in [0.4, 0.5) is 0 Å². The topological polar surface area (TPSA) is 41.6 Å². The van der Waals surface area contributed by atoms with Gasteiger partial charge in [0.15, 0.2) is 0 Å². The molecular weight excluding hydrogens is 264 g/mol. The van der Waals surface area contributed by atoms with E-state index in [1.54, 1.807) is 0 Å². The molecule has 4 heteroatoms. The van der Waals surface area contributed by atoms with Crippen LogP contribution in [0.15, 0.2) is 0 Å². The highest BCUT2D eigenvalue weighted by Crippen LogP contribution is 2.48. The number of hydrogen-bond donors (Lipinski definition) is 1. The molecule has 0 aromatic rings. The standard InChI is InChI=1S/C17H32N2O2/c1-5-18-17(2,16(20)21-4)8-9-19(3)12-15-11-13-6-7-14(15)10-13/h13-15,18H,5-12H2,1-4H3. The molecule has 0 spiro atoms. The second-order valence-corrected chi connectivity index (χ2v) is 7.30. The van der Waals surface area contributed by atoms with Gasteiger partial charge in [0.1, 0.15) is 5.54 Å². The summed E-state index contributed by atoms with van der Waals surface area (Å²) in [4.78, 5) is 14.4. The number of hydrogen-bond acceptors (Lipinski definition) is 4. The van der Waals surface area contributed by atoms with Crippen molar-refractivity contribution in [1.29, 1.82) is 0 Å². The molecule has 0 saturated heterocycles. The summed E-state index contributed by atoms with van der Waals surface area (Å²) in [5.41, 5.74) is -0.563. The lowest BCUT2D eigenvalue weighted by atomic mass is 9.88. The zero-order chi connectivity index (χ0) is 15.5. The average Bonchev–Trinajstić information content (AvgIpc) is 3.07.